The second kappa shape index (κ2) is 55.7. The average Bonchev–Trinajstić information content (AvgIpc) is 3.32. The highest BCUT2D eigenvalue weighted by atomic mass is 16.5. The molecule has 0 aliphatic carbocycles. The van der Waals surface area contributed by atoms with Crippen molar-refractivity contribution in [1.82, 2.24) is 5.32 Å². The second-order valence-electron chi connectivity index (χ2n) is 20.0. The largest absolute Gasteiger partial charge is 0.466 e. The van der Waals surface area contributed by atoms with Crippen LogP contribution in [0.3, 0.4) is 0 Å². The first kappa shape index (κ1) is 64.1. The van der Waals surface area contributed by atoms with E-state index < -0.39 is 12.1 Å². The van der Waals surface area contributed by atoms with Gasteiger partial charge in [0.25, 0.3) is 0 Å². The summed E-state index contributed by atoms with van der Waals surface area (Å²) in [6, 6.07) is -0.635. The van der Waals surface area contributed by atoms with Gasteiger partial charge >= 0.3 is 5.97 Å². The van der Waals surface area contributed by atoms with E-state index in [2.05, 4.69) is 43.5 Å². The van der Waals surface area contributed by atoms with Gasteiger partial charge in [0.1, 0.15) is 0 Å². The second-order valence-corrected chi connectivity index (χ2v) is 20.0. The lowest BCUT2D eigenvalue weighted by molar-refractivity contribution is -0.143. The molecule has 2 unspecified atom stereocenters. The van der Waals surface area contributed by atoms with Crippen LogP contribution in [0.25, 0.3) is 0 Å². The van der Waals surface area contributed by atoms with Gasteiger partial charge in [-0.2, -0.15) is 0 Å². The Bertz CT molecular complexity index is 1070. The first-order chi connectivity index (χ1) is 32.5. The molecule has 6 nitrogen and oxygen atoms in total. The summed E-state index contributed by atoms with van der Waals surface area (Å²) in [6.45, 7) is 4.88. The van der Waals surface area contributed by atoms with Crippen molar-refractivity contribution in [3.8, 4) is 0 Å². The third-order valence-electron chi connectivity index (χ3n) is 13.4. The highest BCUT2D eigenvalue weighted by Gasteiger charge is 2.18. The SMILES string of the molecule is CCCCC/C=C\CCCCCCCC(=O)OCCCCCCCCCCC/C=C\CCCCCCCCCC(=O)NC(CO)C(O)/C=C/CCCCCCCCCCCCCCCCC. The van der Waals surface area contributed by atoms with Crippen molar-refractivity contribution in [2.75, 3.05) is 13.2 Å². The molecule has 0 bridgehead atoms. The predicted molar refractivity (Wildman–Crippen MR) is 287 cm³/mol. The molecule has 6 heteroatoms. The van der Waals surface area contributed by atoms with E-state index in [4.69, 9.17) is 4.74 Å². The molecule has 0 saturated heterocycles. The summed E-state index contributed by atoms with van der Waals surface area (Å²) in [4.78, 5) is 24.5. The quantitative estimate of drug-likeness (QED) is 0.0321. The standard InChI is InChI=1S/C60H113NO5/c1-3-5-7-9-11-13-15-17-18-23-26-29-32-36-40-44-48-52-58(63)57(56-62)61-59(64)53-49-45-41-37-33-30-27-24-21-19-20-22-25-28-31-35-39-43-47-51-55-66-60(65)54-50-46-42-38-34-16-14-12-10-8-6-4-2/h12,14,19,21,48,52,57-58,62-63H,3-11,13,15-18,20,22-47,49-51,53-56H2,1-2H3,(H,61,64)/b14-12-,21-19-,52-48+. The van der Waals surface area contributed by atoms with Gasteiger partial charge in [0.05, 0.1) is 25.4 Å². The lowest BCUT2D eigenvalue weighted by Crippen LogP contribution is -2.45. The predicted octanol–water partition coefficient (Wildman–Crippen LogP) is 18.0. The first-order valence-corrected chi connectivity index (χ1v) is 29.3. The molecule has 0 aliphatic rings. The van der Waals surface area contributed by atoms with Gasteiger partial charge in [-0.05, 0) is 83.5 Å². The van der Waals surface area contributed by atoms with E-state index in [0.29, 0.717) is 19.4 Å². The summed E-state index contributed by atoms with van der Waals surface area (Å²) in [5, 5.41) is 23.1. The Labute approximate surface area is 411 Å². The van der Waals surface area contributed by atoms with E-state index in [9.17, 15) is 19.8 Å². The van der Waals surface area contributed by atoms with Gasteiger partial charge in [-0.25, -0.2) is 0 Å². The van der Waals surface area contributed by atoms with Gasteiger partial charge in [0.2, 0.25) is 5.91 Å². The van der Waals surface area contributed by atoms with Crippen LogP contribution in [0.4, 0.5) is 0 Å². The van der Waals surface area contributed by atoms with E-state index >= 15 is 0 Å². The van der Waals surface area contributed by atoms with Crippen LogP contribution in [0.15, 0.2) is 36.5 Å². The van der Waals surface area contributed by atoms with E-state index in [0.717, 1.165) is 51.4 Å². The van der Waals surface area contributed by atoms with Crippen molar-refractivity contribution in [2.24, 2.45) is 0 Å². The van der Waals surface area contributed by atoms with Crippen LogP contribution in [-0.4, -0.2) is 47.4 Å². The summed E-state index contributed by atoms with van der Waals surface area (Å²) >= 11 is 0. The van der Waals surface area contributed by atoms with Gasteiger partial charge in [-0.1, -0.05) is 249 Å². The van der Waals surface area contributed by atoms with Gasteiger partial charge in [0, 0.05) is 12.8 Å². The Hall–Kier alpha value is -1.92. The number of hydrogen-bond acceptors (Lipinski definition) is 5. The molecular formula is C60H113NO5. The number of unbranched alkanes of at least 4 members (excludes halogenated alkanes) is 39. The monoisotopic (exact) mass is 928 g/mol. The van der Waals surface area contributed by atoms with E-state index in [1.807, 2.05) is 6.08 Å². The van der Waals surface area contributed by atoms with Gasteiger partial charge in [-0.3, -0.25) is 9.59 Å². The zero-order valence-electron chi connectivity index (χ0n) is 44.2. The maximum atomic E-state index is 12.5. The summed E-state index contributed by atoms with van der Waals surface area (Å²) in [6.07, 6.45) is 68.8. The molecule has 66 heavy (non-hydrogen) atoms. The third kappa shape index (κ3) is 51.5. The fourth-order valence-corrected chi connectivity index (χ4v) is 8.86. The molecule has 2 atom stereocenters. The van der Waals surface area contributed by atoms with Crippen molar-refractivity contribution in [2.45, 2.75) is 321 Å². The van der Waals surface area contributed by atoms with Crippen LogP contribution in [0, 0.1) is 0 Å². The summed E-state index contributed by atoms with van der Waals surface area (Å²) in [7, 11) is 0. The number of rotatable bonds is 54. The lowest BCUT2D eigenvalue weighted by Gasteiger charge is -2.20. The van der Waals surface area contributed by atoms with Crippen molar-refractivity contribution in [3.63, 3.8) is 0 Å². The summed E-state index contributed by atoms with van der Waals surface area (Å²) in [5.41, 5.74) is 0. The van der Waals surface area contributed by atoms with E-state index in [1.165, 1.54) is 231 Å². The molecule has 388 valence electrons. The van der Waals surface area contributed by atoms with Gasteiger partial charge in [-0.15, -0.1) is 0 Å². The first-order valence-electron chi connectivity index (χ1n) is 29.3. The Balaban J connectivity index is 3.48. The van der Waals surface area contributed by atoms with Crippen molar-refractivity contribution in [1.29, 1.82) is 0 Å². The van der Waals surface area contributed by atoms with Gasteiger partial charge < -0.3 is 20.3 Å². The number of esters is 1. The molecule has 0 radical (unpaired) electrons. The van der Waals surface area contributed by atoms with Gasteiger partial charge in [0.15, 0.2) is 0 Å². The maximum Gasteiger partial charge on any atom is 0.305 e. The molecule has 0 heterocycles. The van der Waals surface area contributed by atoms with Crippen LogP contribution in [0.1, 0.15) is 309 Å². The zero-order chi connectivity index (χ0) is 47.9. The summed E-state index contributed by atoms with van der Waals surface area (Å²) in [5.74, 6) is -0.0804. The fraction of sp³-hybridized carbons (Fsp3) is 0.867. The number of aliphatic hydroxyl groups is 2. The Morgan fingerprint density at radius 3 is 1.11 bits per heavy atom. The number of nitrogens with one attached hydrogen (secondary N) is 1. The van der Waals surface area contributed by atoms with Crippen LogP contribution >= 0.6 is 0 Å². The van der Waals surface area contributed by atoms with E-state index in [-0.39, 0.29) is 18.5 Å². The fourth-order valence-electron chi connectivity index (χ4n) is 8.86. The molecule has 0 aromatic heterocycles. The Kier molecular flexibility index (Phi) is 54.1. The highest BCUT2D eigenvalue weighted by Crippen LogP contribution is 2.16. The lowest BCUT2D eigenvalue weighted by atomic mass is 10.0. The number of aliphatic hydroxyl groups excluding tert-OH is 2. The molecule has 0 spiro atoms. The minimum Gasteiger partial charge on any atom is -0.466 e. The molecule has 0 fully saturated rings. The number of carbonyl (C=O) groups is 2. The number of hydrogen-bond donors (Lipinski definition) is 3. The van der Waals surface area contributed by atoms with Crippen LogP contribution in [0.2, 0.25) is 0 Å². The number of carbonyl (C=O) groups excluding carboxylic acids is 2. The zero-order valence-corrected chi connectivity index (χ0v) is 44.2. The minimum atomic E-state index is -0.850. The molecular weight excluding hydrogens is 815 g/mol. The van der Waals surface area contributed by atoms with Crippen LogP contribution in [-0.2, 0) is 14.3 Å². The van der Waals surface area contributed by atoms with E-state index in [1.54, 1.807) is 6.08 Å². The minimum absolute atomic E-state index is 0.00478. The molecule has 3 N–H and O–H groups in total. The summed E-state index contributed by atoms with van der Waals surface area (Å²) < 4.78 is 5.46. The number of amides is 1. The molecule has 1 amide bonds. The third-order valence-corrected chi connectivity index (χ3v) is 13.4. The number of allylic oxidation sites excluding steroid dienone is 5. The highest BCUT2D eigenvalue weighted by molar-refractivity contribution is 5.76. The molecule has 0 rings (SSSR count). The molecule has 0 aromatic rings. The molecule has 0 aromatic carbocycles. The van der Waals surface area contributed by atoms with Crippen LogP contribution < -0.4 is 5.32 Å². The van der Waals surface area contributed by atoms with Crippen molar-refractivity contribution in [3.05, 3.63) is 36.5 Å². The van der Waals surface area contributed by atoms with Crippen molar-refractivity contribution >= 4 is 11.9 Å². The topological polar surface area (TPSA) is 95.9 Å². The number of ether oxygens (including phenoxy) is 1. The average molecular weight is 929 g/mol. The molecule has 0 aliphatic heterocycles. The smallest absolute Gasteiger partial charge is 0.305 e. The molecule has 0 saturated carbocycles. The Morgan fingerprint density at radius 1 is 0.409 bits per heavy atom. The Morgan fingerprint density at radius 2 is 0.712 bits per heavy atom. The normalized spacial score (nSPS) is 12.8. The van der Waals surface area contributed by atoms with Crippen LogP contribution in [0.5, 0.6) is 0 Å². The maximum absolute atomic E-state index is 12.5. The van der Waals surface area contributed by atoms with Crippen molar-refractivity contribution < 1.29 is 24.5 Å².